The SMILES string of the molecule is N#Cc1cccc(CN2CC[C@H]3[C@H]2CCN3c2ncccn2)c1.O=C(O)C(F)(F)F. The third-order valence-corrected chi connectivity index (χ3v) is 5.18. The molecule has 4 rings (SSSR count). The quantitative estimate of drug-likeness (QED) is 0.818. The van der Waals surface area contributed by atoms with Gasteiger partial charge in [0.25, 0.3) is 0 Å². The maximum Gasteiger partial charge on any atom is 0.490 e. The lowest BCUT2D eigenvalue weighted by atomic mass is 10.1. The van der Waals surface area contributed by atoms with Crippen LogP contribution in [0.3, 0.4) is 0 Å². The van der Waals surface area contributed by atoms with E-state index in [4.69, 9.17) is 15.2 Å². The first kappa shape index (κ1) is 21.5. The fourth-order valence-electron chi connectivity index (χ4n) is 3.93. The number of halogens is 3. The molecule has 2 saturated heterocycles. The molecule has 1 N–H and O–H groups in total. The molecule has 0 saturated carbocycles. The first-order chi connectivity index (χ1) is 14.3. The Morgan fingerprint density at radius 2 is 1.83 bits per heavy atom. The summed E-state index contributed by atoms with van der Waals surface area (Å²) in [5, 5.41) is 16.2. The van der Waals surface area contributed by atoms with Crippen molar-refractivity contribution in [2.75, 3.05) is 18.0 Å². The van der Waals surface area contributed by atoms with E-state index in [1.807, 2.05) is 36.7 Å². The van der Waals surface area contributed by atoms with E-state index >= 15 is 0 Å². The number of benzene rings is 1. The van der Waals surface area contributed by atoms with Crippen LogP contribution in [0.5, 0.6) is 0 Å². The normalized spacial score (nSPS) is 20.8. The number of aliphatic carboxylic acids is 1. The third-order valence-electron chi connectivity index (χ3n) is 5.18. The smallest absolute Gasteiger partial charge is 0.475 e. The predicted molar refractivity (Wildman–Crippen MR) is 101 cm³/mol. The van der Waals surface area contributed by atoms with E-state index in [9.17, 15) is 13.2 Å². The molecule has 2 atom stereocenters. The van der Waals surface area contributed by atoms with Gasteiger partial charge in [-0.1, -0.05) is 12.1 Å². The van der Waals surface area contributed by atoms with Crippen LogP contribution in [-0.2, 0) is 11.3 Å². The number of nitrogens with zero attached hydrogens (tertiary/aromatic N) is 5. The number of carboxylic acids is 1. The molecule has 0 radical (unpaired) electrons. The second-order valence-electron chi connectivity index (χ2n) is 7.04. The van der Waals surface area contributed by atoms with Crippen LogP contribution in [-0.4, -0.2) is 57.3 Å². The van der Waals surface area contributed by atoms with Crippen molar-refractivity contribution >= 4 is 11.9 Å². The molecule has 158 valence electrons. The average molecular weight is 419 g/mol. The lowest BCUT2D eigenvalue weighted by Gasteiger charge is -2.25. The number of carbonyl (C=O) groups is 1. The minimum Gasteiger partial charge on any atom is -0.475 e. The second-order valence-corrected chi connectivity index (χ2v) is 7.04. The third kappa shape index (κ3) is 5.04. The molecule has 1 aromatic carbocycles. The van der Waals surface area contributed by atoms with Crippen molar-refractivity contribution in [1.82, 2.24) is 14.9 Å². The number of alkyl halides is 3. The summed E-state index contributed by atoms with van der Waals surface area (Å²) in [5.74, 6) is -1.90. The molecule has 0 unspecified atom stereocenters. The Hall–Kier alpha value is -3.19. The van der Waals surface area contributed by atoms with E-state index in [2.05, 4.69) is 31.9 Å². The Morgan fingerprint density at radius 3 is 2.47 bits per heavy atom. The molecule has 1 aromatic heterocycles. The number of carboxylic acid groups (broad SMARTS) is 1. The molecular formula is C20H20F3N5O2. The van der Waals surface area contributed by atoms with Crippen molar-refractivity contribution in [1.29, 1.82) is 5.26 Å². The van der Waals surface area contributed by atoms with Gasteiger partial charge in [0.1, 0.15) is 0 Å². The summed E-state index contributed by atoms with van der Waals surface area (Å²) in [4.78, 5) is 22.6. The molecule has 0 amide bonds. The van der Waals surface area contributed by atoms with Gasteiger partial charge >= 0.3 is 12.1 Å². The Balaban J connectivity index is 0.000000318. The highest BCUT2D eigenvalue weighted by atomic mass is 19.4. The van der Waals surface area contributed by atoms with E-state index < -0.39 is 12.1 Å². The number of nitriles is 1. The highest BCUT2D eigenvalue weighted by Gasteiger charge is 2.43. The van der Waals surface area contributed by atoms with E-state index in [0.29, 0.717) is 12.1 Å². The molecule has 0 aliphatic carbocycles. The molecular weight excluding hydrogens is 399 g/mol. The summed E-state index contributed by atoms with van der Waals surface area (Å²) in [5.41, 5.74) is 1.96. The van der Waals surface area contributed by atoms with E-state index in [1.54, 1.807) is 0 Å². The first-order valence-electron chi connectivity index (χ1n) is 9.36. The fraction of sp³-hybridized carbons (Fsp3) is 0.400. The lowest BCUT2D eigenvalue weighted by molar-refractivity contribution is -0.192. The standard InChI is InChI=1S/C18H19N5.C2HF3O2/c19-12-14-3-1-4-15(11-14)13-22-9-5-17-16(22)6-10-23(17)18-20-7-2-8-21-18;3-2(4,5)1(6)7/h1-4,7-8,11,16-17H,5-6,9-10,13H2;(H,6,7)/t16-,17+;/m1./s1. The van der Waals surface area contributed by atoms with Crippen molar-refractivity contribution in [3.8, 4) is 6.07 Å². The van der Waals surface area contributed by atoms with Crippen molar-refractivity contribution < 1.29 is 23.1 Å². The van der Waals surface area contributed by atoms with Crippen LogP contribution in [0.4, 0.5) is 19.1 Å². The summed E-state index contributed by atoms with van der Waals surface area (Å²) >= 11 is 0. The van der Waals surface area contributed by atoms with Gasteiger partial charge in [-0.3, -0.25) is 4.90 Å². The molecule has 2 aliphatic rings. The zero-order valence-corrected chi connectivity index (χ0v) is 16.0. The van der Waals surface area contributed by atoms with Gasteiger partial charge in [0, 0.05) is 44.1 Å². The van der Waals surface area contributed by atoms with Crippen molar-refractivity contribution in [2.45, 2.75) is 37.6 Å². The topological polar surface area (TPSA) is 93.4 Å². The summed E-state index contributed by atoms with van der Waals surface area (Å²) in [6.07, 6.45) is 0.854. The summed E-state index contributed by atoms with van der Waals surface area (Å²) < 4.78 is 31.7. The van der Waals surface area contributed by atoms with Gasteiger partial charge in [-0.15, -0.1) is 0 Å². The highest BCUT2D eigenvalue weighted by molar-refractivity contribution is 5.73. The van der Waals surface area contributed by atoms with Crippen molar-refractivity contribution in [3.63, 3.8) is 0 Å². The lowest BCUT2D eigenvalue weighted by Crippen LogP contribution is -2.37. The largest absolute Gasteiger partial charge is 0.490 e. The van der Waals surface area contributed by atoms with Crippen LogP contribution >= 0.6 is 0 Å². The van der Waals surface area contributed by atoms with Crippen LogP contribution in [0.2, 0.25) is 0 Å². The van der Waals surface area contributed by atoms with Gasteiger partial charge in [0.05, 0.1) is 11.6 Å². The first-order valence-corrected chi connectivity index (χ1v) is 9.36. The molecule has 10 heteroatoms. The van der Waals surface area contributed by atoms with Gasteiger partial charge in [-0.25, -0.2) is 14.8 Å². The second kappa shape index (κ2) is 9.09. The highest BCUT2D eigenvalue weighted by Crippen LogP contribution is 2.34. The van der Waals surface area contributed by atoms with Crippen LogP contribution in [0.15, 0.2) is 42.7 Å². The number of hydrogen-bond acceptors (Lipinski definition) is 6. The van der Waals surface area contributed by atoms with Crippen molar-refractivity contribution in [3.05, 3.63) is 53.9 Å². The number of rotatable bonds is 3. The Morgan fingerprint density at radius 1 is 1.17 bits per heavy atom. The molecule has 3 heterocycles. The van der Waals surface area contributed by atoms with Gasteiger partial charge < -0.3 is 10.0 Å². The van der Waals surface area contributed by atoms with Crippen LogP contribution < -0.4 is 4.90 Å². The molecule has 30 heavy (non-hydrogen) atoms. The van der Waals surface area contributed by atoms with Crippen LogP contribution in [0, 0.1) is 11.3 Å². The maximum absolute atomic E-state index is 10.6. The van der Waals surface area contributed by atoms with Gasteiger partial charge in [-0.2, -0.15) is 18.4 Å². The van der Waals surface area contributed by atoms with Gasteiger partial charge in [-0.05, 0) is 36.6 Å². The predicted octanol–water partition coefficient (Wildman–Crippen LogP) is 2.83. The fourth-order valence-corrected chi connectivity index (χ4v) is 3.93. The van der Waals surface area contributed by atoms with Crippen LogP contribution in [0.25, 0.3) is 0 Å². The molecule has 7 nitrogen and oxygen atoms in total. The van der Waals surface area contributed by atoms with Crippen LogP contribution in [0.1, 0.15) is 24.0 Å². The monoisotopic (exact) mass is 419 g/mol. The molecule has 2 aliphatic heterocycles. The minimum absolute atomic E-state index is 0.511. The zero-order valence-electron chi connectivity index (χ0n) is 16.0. The summed E-state index contributed by atoms with van der Waals surface area (Å²) in [6.45, 7) is 3.03. The Kier molecular flexibility index (Phi) is 6.52. The molecule has 2 fully saturated rings. The van der Waals surface area contributed by atoms with E-state index in [1.165, 1.54) is 5.56 Å². The molecule has 0 spiro atoms. The number of aromatic nitrogens is 2. The summed E-state index contributed by atoms with van der Waals surface area (Å²) in [7, 11) is 0. The average Bonchev–Trinajstić information content (AvgIpc) is 3.32. The van der Waals surface area contributed by atoms with Gasteiger partial charge in [0.2, 0.25) is 5.95 Å². The Labute approximate surface area is 171 Å². The van der Waals surface area contributed by atoms with E-state index in [0.717, 1.165) is 44.0 Å². The zero-order chi connectivity index (χ0) is 21.7. The van der Waals surface area contributed by atoms with Crippen molar-refractivity contribution in [2.24, 2.45) is 0 Å². The van der Waals surface area contributed by atoms with E-state index in [-0.39, 0.29) is 0 Å². The molecule has 0 bridgehead atoms. The summed E-state index contributed by atoms with van der Waals surface area (Å²) in [6, 6.07) is 13.1. The number of fused-ring (bicyclic) bond motifs is 1. The van der Waals surface area contributed by atoms with Gasteiger partial charge in [0.15, 0.2) is 0 Å². The maximum atomic E-state index is 10.6. The number of likely N-dealkylation sites (tertiary alicyclic amines) is 1. The number of hydrogen-bond donors (Lipinski definition) is 1. The Bertz CT molecular complexity index is 917. The minimum atomic E-state index is -5.08. The number of anilines is 1. The molecule has 2 aromatic rings.